The highest BCUT2D eigenvalue weighted by atomic mass is 32.2. The number of carbonyl (C=O) groups excluding carboxylic acids is 3. The second-order valence-corrected chi connectivity index (χ2v) is 15.0. The van der Waals surface area contributed by atoms with Crippen molar-refractivity contribution >= 4 is 40.6 Å². The number of hydrogen-bond donors (Lipinski definition) is 5. The number of nitrogens with one attached hydrogen (secondary N) is 5. The Morgan fingerprint density at radius 3 is 2.46 bits per heavy atom. The number of aromatic nitrogens is 4. The third-order valence-electron chi connectivity index (χ3n) is 10.4. The first-order valence-corrected chi connectivity index (χ1v) is 18.0. The molecule has 252 valence electrons. The molecule has 4 aliphatic rings. The maximum absolute atomic E-state index is 14.2. The van der Waals surface area contributed by atoms with Gasteiger partial charge in [-0.25, -0.2) is 9.78 Å². The molecular weight excluding hydrogens is 627 g/mol. The Hall–Kier alpha value is -4.32. The Bertz CT molecular complexity index is 1700. The number of aromatic amines is 2. The lowest BCUT2D eigenvalue weighted by Crippen LogP contribution is -2.60. The number of alkyl carbamates (subject to hydrolysis) is 1. The molecule has 11 nitrogen and oxygen atoms in total. The molecule has 2 atom stereocenters. The van der Waals surface area contributed by atoms with Crippen molar-refractivity contribution in [3.63, 3.8) is 0 Å². The standard InChI is InChI=1S/C36H43N7O4S/c1-36(18-27-19-37-29-10-6-5-9-28(27)29,42-35(46)47-32-25-14-22-13-23(16-25)17-26(32)15-22)33(45)38-20-30(24-7-3-2-4-8-24)41-31(44)11-12-48-34-39-21-40-43-34/h2-10,19,21-23,25-26,30,32,37H,11-18,20H2,1H3,(H,38,45)(H,41,44)(H,42,46)(H,39,40,43)/t22?,23?,25?,26?,30-,32?,36-/m1/s1. The highest BCUT2D eigenvalue weighted by Crippen LogP contribution is 2.54. The van der Waals surface area contributed by atoms with E-state index >= 15 is 0 Å². The Morgan fingerprint density at radius 1 is 1.00 bits per heavy atom. The van der Waals surface area contributed by atoms with Gasteiger partial charge < -0.3 is 25.7 Å². The summed E-state index contributed by atoms with van der Waals surface area (Å²) in [5.41, 5.74) is 1.41. The fraction of sp³-hybridized carbons (Fsp3) is 0.472. The Balaban J connectivity index is 1.05. The predicted molar refractivity (Wildman–Crippen MR) is 183 cm³/mol. The maximum atomic E-state index is 14.2. The smallest absolute Gasteiger partial charge is 0.408 e. The number of amides is 3. The average molecular weight is 670 g/mol. The first-order chi connectivity index (χ1) is 23.3. The van der Waals surface area contributed by atoms with E-state index in [0.717, 1.165) is 59.5 Å². The van der Waals surface area contributed by atoms with Crippen LogP contribution in [0.2, 0.25) is 0 Å². The van der Waals surface area contributed by atoms with Gasteiger partial charge in [0.15, 0.2) is 5.16 Å². The van der Waals surface area contributed by atoms with Crippen molar-refractivity contribution in [2.75, 3.05) is 12.3 Å². The van der Waals surface area contributed by atoms with Crippen LogP contribution in [0.4, 0.5) is 4.79 Å². The number of benzene rings is 2. The number of hydrogen-bond acceptors (Lipinski definition) is 7. The lowest BCUT2D eigenvalue weighted by Gasteiger charge is -2.53. The minimum atomic E-state index is -1.33. The van der Waals surface area contributed by atoms with E-state index in [0.29, 0.717) is 22.7 Å². The lowest BCUT2D eigenvalue weighted by atomic mass is 9.55. The second kappa shape index (κ2) is 14.0. The summed E-state index contributed by atoms with van der Waals surface area (Å²) in [4.78, 5) is 48.2. The average Bonchev–Trinajstić information content (AvgIpc) is 3.75. The van der Waals surface area contributed by atoms with Gasteiger partial charge in [0.25, 0.3) is 0 Å². The van der Waals surface area contributed by atoms with E-state index in [2.05, 4.69) is 36.1 Å². The molecule has 4 aromatic rings. The van der Waals surface area contributed by atoms with Gasteiger partial charge in [-0.05, 0) is 79.9 Å². The topological polar surface area (TPSA) is 154 Å². The molecule has 4 fully saturated rings. The third-order valence-corrected chi connectivity index (χ3v) is 11.3. The van der Waals surface area contributed by atoms with E-state index in [9.17, 15) is 14.4 Å². The molecular formula is C36H43N7O4S. The summed E-state index contributed by atoms with van der Waals surface area (Å²) in [7, 11) is 0. The molecule has 2 heterocycles. The van der Waals surface area contributed by atoms with E-state index in [-0.39, 0.29) is 37.3 Å². The minimum Gasteiger partial charge on any atom is -0.446 e. The molecule has 5 N–H and O–H groups in total. The van der Waals surface area contributed by atoms with Crippen LogP contribution in [-0.4, -0.2) is 62.0 Å². The monoisotopic (exact) mass is 669 g/mol. The zero-order valence-electron chi connectivity index (χ0n) is 27.1. The van der Waals surface area contributed by atoms with Crippen molar-refractivity contribution in [1.82, 2.24) is 36.1 Å². The Morgan fingerprint density at radius 2 is 1.73 bits per heavy atom. The fourth-order valence-electron chi connectivity index (χ4n) is 8.38. The Labute approximate surface area is 284 Å². The van der Waals surface area contributed by atoms with Gasteiger partial charge in [-0.1, -0.05) is 60.3 Å². The number of H-pyrrole nitrogens is 2. The van der Waals surface area contributed by atoms with Crippen LogP contribution in [0, 0.1) is 23.7 Å². The van der Waals surface area contributed by atoms with Gasteiger partial charge in [-0.15, -0.1) is 0 Å². The molecule has 4 saturated carbocycles. The molecule has 4 aliphatic carbocycles. The summed E-state index contributed by atoms with van der Waals surface area (Å²) in [6.45, 7) is 1.89. The van der Waals surface area contributed by atoms with Crippen LogP contribution >= 0.6 is 11.8 Å². The second-order valence-electron chi connectivity index (χ2n) is 13.9. The van der Waals surface area contributed by atoms with Gasteiger partial charge in [-0.3, -0.25) is 14.7 Å². The van der Waals surface area contributed by atoms with E-state index in [1.54, 1.807) is 6.92 Å². The molecule has 2 aromatic carbocycles. The fourth-order valence-corrected chi connectivity index (χ4v) is 9.10. The minimum absolute atomic E-state index is 0.0990. The summed E-state index contributed by atoms with van der Waals surface area (Å²) in [6.07, 6.45) is 9.02. The van der Waals surface area contributed by atoms with Gasteiger partial charge in [0, 0.05) is 42.2 Å². The number of thioether (sulfide) groups is 1. The molecule has 2 aromatic heterocycles. The van der Waals surface area contributed by atoms with Crippen molar-refractivity contribution in [3.05, 3.63) is 78.2 Å². The molecule has 0 radical (unpaired) electrons. The van der Waals surface area contributed by atoms with E-state index in [4.69, 9.17) is 4.74 Å². The SMILES string of the molecule is C[C@](Cc1c[nH]c2ccccc12)(NC(=O)OC1C2CC3CC(C2)CC1C3)C(=O)NC[C@@H](NC(=O)CCSc1ncn[nH]1)c1ccccc1. The first kappa shape index (κ1) is 32.2. The van der Waals surface area contributed by atoms with E-state index in [1.807, 2.05) is 60.8 Å². The van der Waals surface area contributed by atoms with E-state index in [1.165, 1.54) is 24.5 Å². The third kappa shape index (κ3) is 7.23. The van der Waals surface area contributed by atoms with Crippen LogP contribution in [0.5, 0.6) is 0 Å². The van der Waals surface area contributed by atoms with Crippen molar-refractivity contribution in [2.24, 2.45) is 23.7 Å². The van der Waals surface area contributed by atoms with Gasteiger partial charge in [0.05, 0.1) is 6.04 Å². The Kier molecular flexibility index (Phi) is 9.43. The molecule has 48 heavy (non-hydrogen) atoms. The molecule has 8 rings (SSSR count). The quantitative estimate of drug-likeness (QED) is 0.121. The molecule has 3 amide bonds. The zero-order chi connectivity index (χ0) is 33.1. The summed E-state index contributed by atoms with van der Waals surface area (Å²) < 4.78 is 6.18. The van der Waals surface area contributed by atoms with Crippen molar-refractivity contribution in [1.29, 1.82) is 0 Å². The molecule has 4 bridgehead atoms. The highest BCUT2D eigenvalue weighted by molar-refractivity contribution is 7.99. The van der Waals surface area contributed by atoms with Crippen molar-refractivity contribution in [3.8, 4) is 0 Å². The molecule has 12 heteroatoms. The van der Waals surface area contributed by atoms with Crippen LogP contribution in [-0.2, 0) is 20.7 Å². The number of rotatable bonds is 13. The predicted octanol–water partition coefficient (Wildman–Crippen LogP) is 5.29. The van der Waals surface area contributed by atoms with Crippen LogP contribution in [0.3, 0.4) is 0 Å². The highest BCUT2D eigenvalue weighted by Gasteiger charge is 2.50. The molecule has 0 spiro atoms. The van der Waals surface area contributed by atoms with Crippen LogP contribution in [0.25, 0.3) is 10.9 Å². The zero-order valence-corrected chi connectivity index (χ0v) is 27.9. The van der Waals surface area contributed by atoms with Crippen molar-refractivity contribution < 1.29 is 19.1 Å². The summed E-state index contributed by atoms with van der Waals surface area (Å²) in [5.74, 6) is 2.36. The van der Waals surface area contributed by atoms with E-state index < -0.39 is 17.7 Å². The van der Waals surface area contributed by atoms with Gasteiger partial charge in [0.1, 0.15) is 18.0 Å². The summed E-state index contributed by atoms with van der Waals surface area (Å²) in [6, 6.07) is 17.0. The van der Waals surface area contributed by atoms with Gasteiger partial charge in [0.2, 0.25) is 11.8 Å². The van der Waals surface area contributed by atoms with Crippen LogP contribution in [0.1, 0.15) is 62.6 Å². The summed E-state index contributed by atoms with van der Waals surface area (Å²) in [5, 5.41) is 17.4. The lowest BCUT2D eigenvalue weighted by molar-refractivity contribution is -0.128. The largest absolute Gasteiger partial charge is 0.446 e. The maximum Gasteiger partial charge on any atom is 0.408 e. The molecule has 0 saturated heterocycles. The first-order valence-electron chi connectivity index (χ1n) is 17.0. The number of nitrogens with zero attached hydrogens (tertiary/aromatic N) is 2. The normalized spacial score (nSPS) is 24.5. The van der Waals surface area contributed by atoms with Gasteiger partial charge >= 0.3 is 6.09 Å². The molecule has 0 unspecified atom stereocenters. The van der Waals surface area contributed by atoms with Gasteiger partial charge in [-0.2, -0.15) is 5.10 Å². The number of ether oxygens (including phenoxy) is 1. The number of carbonyl (C=O) groups is 3. The van der Waals surface area contributed by atoms with Crippen LogP contribution in [0.15, 0.2) is 72.3 Å². The number of para-hydroxylation sites is 1. The summed E-state index contributed by atoms with van der Waals surface area (Å²) >= 11 is 1.41. The number of fused-ring (bicyclic) bond motifs is 1. The van der Waals surface area contributed by atoms with Crippen LogP contribution < -0.4 is 16.0 Å². The van der Waals surface area contributed by atoms with Crippen molar-refractivity contribution in [2.45, 2.75) is 74.7 Å². The molecule has 0 aliphatic heterocycles.